The lowest BCUT2D eigenvalue weighted by Gasteiger charge is -2.28. The van der Waals surface area contributed by atoms with E-state index in [-0.39, 0.29) is 18.0 Å². The van der Waals surface area contributed by atoms with E-state index in [1.54, 1.807) is 6.07 Å². The molecule has 0 aliphatic carbocycles. The summed E-state index contributed by atoms with van der Waals surface area (Å²) >= 11 is 0. The van der Waals surface area contributed by atoms with E-state index in [9.17, 15) is 4.39 Å². The molecule has 0 bridgehead atoms. The van der Waals surface area contributed by atoms with Gasteiger partial charge in [0.2, 0.25) is 0 Å². The molecule has 0 fully saturated rings. The van der Waals surface area contributed by atoms with Gasteiger partial charge in [0.1, 0.15) is 5.82 Å². The minimum atomic E-state index is -0.179. The maximum Gasteiger partial charge on any atom is 0.129 e. The largest absolute Gasteiger partial charge is 0.396 e. The highest BCUT2D eigenvalue weighted by atomic mass is 19.1. The van der Waals surface area contributed by atoms with Crippen molar-refractivity contribution in [2.45, 2.75) is 46.2 Å². The van der Waals surface area contributed by atoms with Crippen LogP contribution in [0, 0.1) is 5.82 Å². The Kier molecular flexibility index (Phi) is 6.43. The standard InChI is InChI=1S/C16H27FN2O/c1-5-19(10-7-11-20)15-9-6-8-14(17)13(15)12-18-16(2,3)4/h6,8-9,18,20H,5,7,10-12H2,1-4H3. The number of anilines is 1. The van der Waals surface area contributed by atoms with Crippen LogP contribution in [0.3, 0.4) is 0 Å². The van der Waals surface area contributed by atoms with Gasteiger partial charge in [0, 0.05) is 43.0 Å². The van der Waals surface area contributed by atoms with Gasteiger partial charge < -0.3 is 15.3 Å². The van der Waals surface area contributed by atoms with E-state index < -0.39 is 0 Å². The molecule has 0 aliphatic heterocycles. The van der Waals surface area contributed by atoms with E-state index >= 15 is 0 Å². The first-order chi connectivity index (χ1) is 9.39. The van der Waals surface area contributed by atoms with Gasteiger partial charge in [-0.15, -0.1) is 0 Å². The fourth-order valence-corrected chi connectivity index (χ4v) is 2.08. The average Bonchev–Trinajstić information content (AvgIpc) is 2.37. The molecule has 0 spiro atoms. The molecule has 2 N–H and O–H groups in total. The third-order valence-corrected chi connectivity index (χ3v) is 3.20. The molecule has 1 aromatic rings. The van der Waals surface area contributed by atoms with Crippen molar-refractivity contribution in [2.75, 3.05) is 24.6 Å². The van der Waals surface area contributed by atoms with Crippen molar-refractivity contribution >= 4 is 5.69 Å². The summed E-state index contributed by atoms with van der Waals surface area (Å²) in [7, 11) is 0. The number of benzene rings is 1. The molecule has 114 valence electrons. The Balaban J connectivity index is 2.96. The third-order valence-electron chi connectivity index (χ3n) is 3.20. The maximum atomic E-state index is 14.1. The molecule has 0 unspecified atom stereocenters. The zero-order valence-corrected chi connectivity index (χ0v) is 13.0. The Morgan fingerprint density at radius 3 is 2.55 bits per heavy atom. The number of hydrogen-bond acceptors (Lipinski definition) is 3. The van der Waals surface area contributed by atoms with Crippen LogP contribution in [0.1, 0.15) is 39.7 Å². The Labute approximate surface area is 121 Å². The Hall–Kier alpha value is -1.13. The Morgan fingerprint density at radius 1 is 1.30 bits per heavy atom. The Morgan fingerprint density at radius 2 is 2.00 bits per heavy atom. The van der Waals surface area contributed by atoms with Crippen molar-refractivity contribution in [1.82, 2.24) is 5.32 Å². The molecule has 0 atom stereocenters. The van der Waals surface area contributed by atoms with E-state index in [2.05, 4.69) is 31.0 Å². The van der Waals surface area contributed by atoms with Crippen molar-refractivity contribution < 1.29 is 9.50 Å². The number of nitrogens with zero attached hydrogens (tertiary/aromatic N) is 1. The second-order valence-corrected chi connectivity index (χ2v) is 6.00. The number of aliphatic hydroxyl groups excluding tert-OH is 1. The van der Waals surface area contributed by atoms with Crippen LogP contribution >= 0.6 is 0 Å². The predicted octanol–water partition coefficient (Wildman–Crippen LogP) is 2.92. The summed E-state index contributed by atoms with van der Waals surface area (Å²) in [4.78, 5) is 2.11. The maximum absolute atomic E-state index is 14.1. The van der Waals surface area contributed by atoms with E-state index in [0.29, 0.717) is 18.5 Å². The lowest BCUT2D eigenvalue weighted by molar-refractivity contribution is 0.289. The van der Waals surface area contributed by atoms with Crippen LogP contribution in [0.25, 0.3) is 0 Å². The van der Waals surface area contributed by atoms with Crippen LogP contribution in [0.4, 0.5) is 10.1 Å². The summed E-state index contributed by atoms with van der Waals surface area (Å²) in [6.45, 7) is 10.4. The molecule has 0 heterocycles. The smallest absolute Gasteiger partial charge is 0.129 e. The number of aliphatic hydroxyl groups is 1. The third kappa shape index (κ3) is 5.10. The fraction of sp³-hybridized carbons (Fsp3) is 0.625. The summed E-state index contributed by atoms with van der Waals surface area (Å²) in [6, 6.07) is 5.19. The first-order valence-electron chi connectivity index (χ1n) is 7.27. The quantitative estimate of drug-likeness (QED) is 0.807. The minimum absolute atomic E-state index is 0.0539. The molecule has 0 saturated carbocycles. The predicted molar refractivity (Wildman–Crippen MR) is 82.6 cm³/mol. The molecule has 0 aliphatic rings. The lowest BCUT2D eigenvalue weighted by Crippen LogP contribution is -2.36. The van der Waals surface area contributed by atoms with E-state index in [1.165, 1.54) is 6.07 Å². The van der Waals surface area contributed by atoms with Crippen molar-refractivity contribution in [2.24, 2.45) is 0 Å². The van der Waals surface area contributed by atoms with Crippen molar-refractivity contribution in [3.8, 4) is 0 Å². The monoisotopic (exact) mass is 282 g/mol. The topological polar surface area (TPSA) is 35.5 Å². The summed E-state index contributed by atoms with van der Waals surface area (Å²) in [5.41, 5.74) is 1.56. The normalized spacial score (nSPS) is 11.7. The molecule has 0 saturated heterocycles. The second-order valence-electron chi connectivity index (χ2n) is 6.00. The SMILES string of the molecule is CCN(CCCO)c1cccc(F)c1CNC(C)(C)C. The minimum Gasteiger partial charge on any atom is -0.396 e. The van der Waals surface area contributed by atoms with E-state index in [0.717, 1.165) is 18.8 Å². The molecule has 0 aromatic heterocycles. The number of nitrogens with one attached hydrogen (secondary N) is 1. The zero-order valence-electron chi connectivity index (χ0n) is 13.0. The van der Waals surface area contributed by atoms with Crippen molar-refractivity contribution in [1.29, 1.82) is 0 Å². The lowest BCUT2D eigenvalue weighted by atomic mass is 10.1. The van der Waals surface area contributed by atoms with Gasteiger partial charge in [-0.3, -0.25) is 0 Å². The molecule has 1 aromatic carbocycles. The van der Waals surface area contributed by atoms with Crippen LogP contribution in [-0.2, 0) is 6.54 Å². The fourth-order valence-electron chi connectivity index (χ4n) is 2.08. The summed E-state index contributed by atoms with van der Waals surface area (Å²) in [5.74, 6) is -0.179. The number of hydrogen-bond donors (Lipinski definition) is 2. The molecule has 4 heteroatoms. The molecule has 20 heavy (non-hydrogen) atoms. The molecule has 3 nitrogen and oxygen atoms in total. The molecule has 0 amide bonds. The highest BCUT2D eigenvalue weighted by Gasteiger charge is 2.16. The molecule has 1 rings (SSSR count). The average molecular weight is 282 g/mol. The van der Waals surface area contributed by atoms with Gasteiger partial charge >= 0.3 is 0 Å². The van der Waals surface area contributed by atoms with Crippen molar-refractivity contribution in [3.63, 3.8) is 0 Å². The van der Waals surface area contributed by atoms with Gasteiger partial charge in [-0.25, -0.2) is 4.39 Å². The highest BCUT2D eigenvalue weighted by Crippen LogP contribution is 2.24. The van der Waals surface area contributed by atoms with Gasteiger partial charge in [-0.2, -0.15) is 0 Å². The van der Waals surface area contributed by atoms with Crippen LogP contribution in [-0.4, -0.2) is 30.3 Å². The van der Waals surface area contributed by atoms with E-state index in [4.69, 9.17) is 5.11 Å². The van der Waals surface area contributed by atoms with Gasteiger partial charge in [-0.1, -0.05) is 6.07 Å². The first kappa shape index (κ1) is 16.9. The van der Waals surface area contributed by atoms with Crippen LogP contribution in [0.2, 0.25) is 0 Å². The van der Waals surface area contributed by atoms with Crippen LogP contribution in [0.5, 0.6) is 0 Å². The number of rotatable bonds is 7. The van der Waals surface area contributed by atoms with Gasteiger partial charge in [0.25, 0.3) is 0 Å². The second kappa shape index (κ2) is 7.60. The summed E-state index contributed by atoms with van der Waals surface area (Å²) < 4.78 is 14.1. The first-order valence-corrected chi connectivity index (χ1v) is 7.27. The summed E-state index contributed by atoms with van der Waals surface area (Å²) in [5, 5.41) is 12.3. The highest BCUT2D eigenvalue weighted by molar-refractivity contribution is 5.54. The van der Waals surface area contributed by atoms with Crippen molar-refractivity contribution in [3.05, 3.63) is 29.6 Å². The van der Waals surface area contributed by atoms with Gasteiger partial charge in [-0.05, 0) is 46.2 Å². The molecule has 0 radical (unpaired) electrons. The summed E-state index contributed by atoms with van der Waals surface area (Å²) in [6.07, 6.45) is 0.691. The number of halogens is 1. The molecular weight excluding hydrogens is 255 g/mol. The van der Waals surface area contributed by atoms with E-state index in [1.807, 2.05) is 13.0 Å². The zero-order chi connectivity index (χ0) is 15.2. The molecular formula is C16H27FN2O. The van der Waals surface area contributed by atoms with Crippen LogP contribution in [0.15, 0.2) is 18.2 Å². The Bertz CT molecular complexity index is 415. The van der Waals surface area contributed by atoms with Gasteiger partial charge in [0.05, 0.1) is 0 Å². The van der Waals surface area contributed by atoms with Gasteiger partial charge in [0.15, 0.2) is 0 Å². The van der Waals surface area contributed by atoms with Crippen LogP contribution < -0.4 is 10.2 Å².